The predicted molar refractivity (Wildman–Crippen MR) is 204 cm³/mol. The van der Waals surface area contributed by atoms with Crippen LogP contribution in [0.5, 0.6) is 0 Å². The van der Waals surface area contributed by atoms with Crippen LogP contribution in [0.25, 0.3) is 0 Å². The molecular formula is C39H76NO10P. The number of carboxylic acids is 1. The Labute approximate surface area is 310 Å². The first-order valence-corrected chi connectivity index (χ1v) is 22.1. The van der Waals surface area contributed by atoms with Crippen LogP contribution in [0.15, 0.2) is 0 Å². The minimum Gasteiger partial charge on any atom is -0.480 e. The molecule has 0 saturated heterocycles. The number of hydrogen-bond acceptors (Lipinski definition) is 8. The van der Waals surface area contributed by atoms with E-state index in [1.54, 1.807) is 0 Å². The van der Waals surface area contributed by atoms with E-state index < -0.39 is 57.6 Å². The molecule has 3 atom stereocenters. The molecule has 0 rings (SSSR count). The van der Waals surface area contributed by atoms with Crippen LogP contribution in [-0.4, -0.2) is 64.9 Å². The Morgan fingerprint density at radius 3 is 1.29 bits per heavy atom. The monoisotopic (exact) mass is 750 g/mol. The van der Waals surface area contributed by atoms with Gasteiger partial charge in [-0.1, -0.05) is 174 Å². The summed E-state index contributed by atoms with van der Waals surface area (Å²) in [5.41, 5.74) is 0. The van der Waals surface area contributed by atoms with Crippen LogP contribution in [0.1, 0.15) is 200 Å². The molecule has 0 saturated carbocycles. The molecule has 0 spiro atoms. The zero-order valence-corrected chi connectivity index (χ0v) is 33.3. The van der Waals surface area contributed by atoms with Crippen LogP contribution in [-0.2, 0) is 32.7 Å². The van der Waals surface area contributed by atoms with Gasteiger partial charge in [0.15, 0.2) is 6.04 Å². The smallest absolute Gasteiger partial charge is 0.472 e. The number of carbonyl (C=O) groups is 3. The van der Waals surface area contributed by atoms with E-state index >= 15 is 0 Å². The third-order valence-electron chi connectivity index (χ3n) is 9.15. The molecule has 4 N–H and O–H groups in total. The van der Waals surface area contributed by atoms with Crippen molar-refractivity contribution in [2.75, 3.05) is 19.8 Å². The number of hydrogen-bond donors (Lipinski definition) is 4. The van der Waals surface area contributed by atoms with E-state index in [0.29, 0.717) is 12.8 Å². The van der Waals surface area contributed by atoms with Gasteiger partial charge < -0.3 is 25.2 Å². The van der Waals surface area contributed by atoms with Gasteiger partial charge in [-0.05, 0) is 12.8 Å². The van der Waals surface area contributed by atoms with Gasteiger partial charge in [0.2, 0.25) is 5.91 Å². The molecule has 12 heteroatoms. The molecule has 0 aromatic carbocycles. The number of amides is 1. The number of aliphatic carboxylic acids is 1. The van der Waals surface area contributed by atoms with Gasteiger partial charge >= 0.3 is 19.8 Å². The first-order chi connectivity index (χ1) is 24.6. The maximum atomic E-state index is 12.2. The Morgan fingerprint density at radius 1 is 0.549 bits per heavy atom. The van der Waals surface area contributed by atoms with Crippen LogP contribution >= 0.6 is 7.82 Å². The first-order valence-electron chi connectivity index (χ1n) is 20.6. The Balaban J connectivity index is 3.78. The summed E-state index contributed by atoms with van der Waals surface area (Å²) in [5.74, 6) is -2.37. The van der Waals surface area contributed by atoms with Crippen molar-refractivity contribution in [3.8, 4) is 0 Å². The Kier molecular flexibility index (Phi) is 34.4. The molecule has 0 aliphatic rings. The summed E-state index contributed by atoms with van der Waals surface area (Å²) >= 11 is 0. The van der Waals surface area contributed by atoms with Crippen molar-refractivity contribution in [3.05, 3.63) is 0 Å². The number of aliphatic hydroxyl groups excluding tert-OH is 1. The molecule has 11 nitrogen and oxygen atoms in total. The van der Waals surface area contributed by atoms with Gasteiger partial charge in [-0.3, -0.25) is 18.6 Å². The summed E-state index contributed by atoms with van der Waals surface area (Å²) < 4.78 is 26.7. The number of unbranched alkanes of at least 4 members (excludes halogenated alkanes) is 25. The van der Waals surface area contributed by atoms with Crippen molar-refractivity contribution < 1.29 is 47.8 Å². The fourth-order valence-electron chi connectivity index (χ4n) is 5.90. The van der Waals surface area contributed by atoms with Crippen molar-refractivity contribution in [3.63, 3.8) is 0 Å². The van der Waals surface area contributed by atoms with Gasteiger partial charge in [0.05, 0.1) is 13.2 Å². The van der Waals surface area contributed by atoms with E-state index in [4.69, 9.17) is 13.8 Å². The fraction of sp³-hybridized carbons (Fsp3) is 0.923. The molecular weight excluding hydrogens is 673 g/mol. The number of carboxylic acid groups (broad SMARTS) is 1. The minimum absolute atomic E-state index is 0.148. The topological polar surface area (TPSA) is 169 Å². The number of ether oxygens (including phenoxy) is 1. The molecule has 0 bridgehead atoms. The Bertz CT molecular complexity index is 890. The van der Waals surface area contributed by atoms with Crippen LogP contribution in [0.2, 0.25) is 0 Å². The van der Waals surface area contributed by atoms with Gasteiger partial charge in [-0.15, -0.1) is 0 Å². The molecule has 51 heavy (non-hydrogen) atoms. The largest absolute Gasteiger partial charge is 0.480 e. The highest BCUT2D eigenvalue weighted by Gasteiger charge is 2.28. The van der Waals surface area contributed by atoms with Crippen molar-refractivity contribution in [1.82, 2.24) is 5.32 Å². The molecule has 0 fully saturated rings. The lowest BCUT2D eigenvalue weighted by Crippen LogP contribution is -2.43. The highest BCUT2D eigenvalue weighted by molar-refractivity contribution is 7.47. The number of phosphoric acid groups is 1. The van der Waals surface area contributed by atoms with Crippen LogP contribution in [0.4, 0.5) is 0 Å². The van der Waals surface area contributed by atoms with Gasteiger partial charge in [-0.2, -0.15) is 0 Å². The summed E-state index contributed by atoms with van der Waals surface area (Å²) in [6.07, 6.45) is 31.7. The van der Waals surface area contributed by atoms with Crippen LogP contribution < -0.4 is 5.32 Å². The van der Waals surface area contributed by atoms with Crippen molar-refractivity contribution in [2.24, 2.45) is 0 Å². The van der Waals surface area contributed by atoms with E-state index in [-0.39, 0.29) is 12.8 Å². The lowest BCUT2D eigenvalue weighted by molar-refractivity contribution is -0.147. The second kappa shape index (κ2) is 35.5. The van der Waals surface area contributed by atoms with E-state index in [9.17, 15) is 34.1 Å². The SMILES string of the molecule is CCCCCCCCCCCCCCCCCCCCCCC(=O)OCC(O)COP(=O)(O)OCC(NC(=O)CCCCCCCCC)C(=O)O. The fourth-order valence-corrected chi connectivity index (χ4v) is 6.68. The second-order valence-electron chi connectivity index (χ2n) is 14.2. The summed E-state index contributed by atoms with van der Waals surface area (Å²) in [5, 5.41) is 21.7. The maximum Gasteiger partial charge on any atom is 0.472 e. The predicted octanol–water partition coefficient (Wildman–Crippen LogP) is 9.95. The molecule has 0 radical (unpaired) electrons. The normalized spacial score (nSPS) is 13.8. The zero-order chi connectivity index (χ0) is 37.8. The van der Waals surface area contributed by atoms with Gasteiger partial charge in [0.25, 0.3) is 0 Å². The van der Waals surface area contributed by atoms with Crippen molar-refractivity contribution in [1.29, 1.82) is 0 Å². The highest BCUT2D eigenvalue weighted by atomic mass is 31.2. The zero-order valence-electron chi connectivity index (χ0n) is 32.4. The molecule has 0 heterocycles. The number of esters is 1. The molecule has 0 aromatic rings. The van der Waals surface area contributed by atoms with E-state index in [1.165, 1.54) is 109 Å². The van der Waals surface area contributed by atoms with E-state index in [1.807, 2.05) is 0 Å². The third kappa shape index (κ3) is 35.3. The Hall–Kier alpha value is -1.52. The third-order valence-corrected chi connectivity index (χ3v) is 10.1. The van der Waals surface area contributed by atoms with Gasteiger partial charge in [-0.25, -0.2) is 9.36 Å². The van der Waals surface area contributed by atoms with E-state index in [0.717, 1.165) is 51.4 Å². The number of nitrogens with one attached hydrogen (secondary N) is 1. The summed E-state index contributed by atoms with van der Waals surface area (Å²) in [6.45, 7) is 2.54. The van der Waals surface area contributed by atoms with Gasteiger partial charge in [0.1, 0.15) is 12.7 Å². The van der Waals surface area contributed by atoms with Crippen LogP contribution in [0, 0.1) is 0 Å². The molecule has 0 aromatic heterocycles. The lowest BCUT2D eigenvalue weighted by atomic mass is 10.0. The molecule has 0 aliphatic heterocycles. The quantitative estimate of drug-likeness (QED) is 0.0270. The molecule has 3 unspecified atom stereocenters. The Morgan fingerprint density at radius 2 is 0.902 bits per heavy atom. The summed E-state index contributed by atoms with van der Waals surface area (Å²) in [4.78, 5) is 45.5. The number of carbonyl (C=O) groups excluding carboxylic acids is 2. The van der Waals surface area contributed by atoms with Crippen molar-refractivity contribution >= 4 is 25.7 Å². The summed E-state index contributed by atoms with van der Waals surface area (Å²) in [7, 11) is -4.74. The average Bonchev–Trinajstić information content (AvgIpc) is 3.10. The van der Waals surface area contributed by atoms with E-state index in [2.05, 4.69) is 19.2 Å². The van der Waals surface area contributed by atoms with Crippen molar-refractivity contribution in [2.45, 2.75) is 212 Å². The van der Waals surface area contributed by atoms with Gasteiger partial charge in [0, 0.05) is 12.8 Å². The van der Waals surface area contributed by atoms with Crippen LogP contribution in [0.3, 0.4) is 0 Å². The molecule has 0 aliphatic carbocycles. The number of rotatable bonds is 39. The lowest BCUT2D eigenvalue weighted by Gasteiger charge is -2.18. The number of phosphoric ester groups is 1. The standard InChI is InChI=1S/C39H76NO10P/c1-3-5-7-9-11-12-13-14-15-16-17-18-19-20-21-22-23-25-27-29-31-38(43)48-32-35(41)33-49-51(46,47)50-34-36(39(44)45)40-37(42)30-28-26-24-10-8-6-4-2/h35-36,41H,3-34H2,1-2H3,(H,40,42)(H,44,45)(H,46,47). The number of aliphatic hydroxyl groups is 1. The molecule has 302 valence electrons. The summed E-state index contributed by atoms with van der Waals surface area (Å²) in [6, 6.07) is -1.54. The second-order valence-corrected chi connectivity index (χ2v) is 15.6. The average molecular weight is 750 g/mol. The minimum atomic E-state index is -4.74. The maximum absolute atomic E-state index is 12.2. The molecule has 1 amide bonds. The highest BCUT2D eigenvalue weighted by Crippen LogP contribution is 2.43. The first kappa shape index (κ1) is 49.5.